The summed E-state index contributed by atoms with van der Waals surface area (Å²) in [6.07, 6.45) is 5.16. The summed E-state index contributed by atoms with van der Waals surface area (Å²) in [7, 11) is 3.89. The first kappa shape index (κ1) is 23.8. The molecule has 32 heavy (non-hydrogen) atoms. The van der Waals surface area contributed by atoms with Gasteiger partial charge in [-0.3, -0.25) is 0 Å². The summed E-state index contributed by atoms with van der Waals surface area (Å²) in [5, 5.41) is 7.18. The smallest absolute Gasteiger partial charge is 0.142 e. The van der Waals surface area contributed by atoms with Gasteiger partial charge in [-0.05, 0) is 81.2 Å². The Morgan fingerprint density at radius 1 is 1.22 bits per heavy atom. The van der Waals surface area contributed by atoms with E-state index in [4.69, 9.17) is 4.74 Å². The number of nitrogens with zero attached hydrogens (tertiary/aromatic N) is 1. The molecular formula is C28H37N3O. The molecule has 0 radical (unpaired) electrons. The Balaban J connectivity index is 1.59. The van der Waals surface area contributed by atoms with Crippen molar-refractivity contribution in [3.63, 3.8) is 0 Å². The molecule has 0 amide bonds. The molecule has 0 spiro atoms. The van der Waals surface area contributed by atoms with Crippen molar-refractivity contribution in [1.82, 2.24) is 4.90 Å². The lowest BCUT2D eigenvalue weighted by Gasteiger charge is -2.31. The van der Waals surface area contributed by atoms with Crippen molar-refractivity contribution in [2.75, 3.05) is 44.4 Å². The zero-order chi connectivity index (χ0) is 22.9. The maximum absolute atomic E-state index is 5.47. The lowest BCUT2D eigenvalue weighted by molar-refractivity contribution is 0.264. The fraction of sp³-hybridized carbons (Fsp3) is 0.429. The predicted octanol–water partition coefficient (Wildman–Crippen LogP) is 5.45. The molecule has 1 aliphatic rings. The lowest BCUT2D eigenvalue weighted by Crippen LogP contribution is -2.36. The Labute approximate surface area is 194 Å². The Hall–Kier alpha value is -2.90. The quantitative estimate of drug-likeness (QED) is 0.545. The average molecular weight is 432 g/mol. The number of hydrogen-bond acceptors (Lipinski definition) is 4. The van der Waals surface area contributed by atoms with E-state index in [1.165, 1.54) is 29.7 Å². The minimum atomic E-state index is 0.279. The predicted molar refractivity (Wildman–Crippen MR) is 138 cm³/mol. The van der Waals surface area contributed by atoms with Crippen molar-refractivity contribution in [3.05, 3.63) is 59.7 Å². The van der Waals surface area contributed by atoms with E-state index in [0.717, 1.165) is 36.5 Å². The largest absolute Gasteiger partial charge is 0.495 e. The molecule has 2 aromatic carbocycles. The number of ether oxygens (including phenoxy) is 1. The highest BCUT2D eigenvalue weighted by atomic mass is 16.5. The first-order valence-electron chi connectivity index (χ1n) is 11.6. The molecule has 2 N–H and O–H groups in total. The number of benzene rings is 2. The molecule has 1 unspecified atom stereocenters. The van der Waals surface area contributed by atoms with Crippen LogP contribution in [-0.2, 0) is 6.42 Å². The highest BCUT2D eigenvalue weighted by Gasteiger charge is 2.18. The van der Waals surface area contributed by atoms with Gasteiger partial charge in [-0.2, -0.15) is 0 Å². The van der Waals surface area contributed by atoms with Crippen LogP contribution in [0.1, 0.15) is 36.5 Å². The summed E-state index contributed by atoms with van der Waals surface area (Å²) in [5.41, 5.74) is 5.99. The molecule has 1 heterocycles. The van der Waals surface area contributed by atoms with Gasteiger partial charge in [0, 0.05) is 17.6 Å². The van der Waals surface area contributed by atoms with E-state index in [1.54, 1.807) is 7.11 Å². The Bertz CT molecular complexity index is 964. The van der Waals surface area contributed by atoms with Gasteiger partial charge in [0.05, 0.1) is 19.3 Å². The third kappa shape index (κ3) is 6.55. The molecule has 3 rings (SSSR count). The standard InChI is InChI=1S/C28H37N3O/c1-6-23-12-13-27(28(20-23)32-5)29-16-8-9-21(2)19-25-22(3)10-7-11-26(25)30-24-14-17-31(4)18-15-24/h6-7,10-13,20-21,24,29-30H,1,14-19H2,2-5H3. The van der Waals surface area contributed by atoms with Crippen molar-refractivity contribution in [2.24, 2.45) is 5.92 Å². The van der Waals surface area contributed by atoms with Gasteiger partial charge in [0.25, 0.3) is 0 Å². The fourth-order valence-corrected chi connectivity index (χ4v) is 4.18. The maximum Gasteiger partial charge on any atom is 0.142 e. The minimum Gasteiger partial charge on any atom is -0.495 e. The summed E-state index contributed by atoms with van der Waals surface area (Å²) in [6, 6.07) is 13.1. The van der Waals surface area contributed by atoms with Crippen LogP contribution in [0.25, 0.3) is 6.08 Å². The van der Waals surface area contributed by atoms with Gasteiger partial charge in [-0.15, -0.1) is 0 Å². The Morgan fingerprint density at radius 3 is 2.72 bits per heavy atom. The van der Waals surface area contributed by atoms with Crippen LogP contribution in [0.5, 0.6) is 5.75 Å². The average Bonchev–Trinajstić information content (AvgIpc) is 2.80. The number of nitrogens with one attached hydrogen (secondary N) is 2. The number of rotatable bonds is 8. The molecule has 4 heteroatoms. The summed E-state index contributed by atoms with van der Waals surface area (Å²) in [5.74, 6) is 7.80. The van der Waals surface area contributed by atoms with E-state index in [0.29, 0.717) is 12.6 Å². The molecule has 0 aliphatic carbocycles. The summed E-state index contributed by atoms with van der Waals surface area (Å²) in [6.45, 7) is 11.1. The molecule has 170 valence electrons. The third-order valence-corrected chi connectivity index (χ3v) is 6.18. The van der Waals surface area contributed by atoms with E-state index in [9.17, 15) is 0 Å². The van der Waals surface area contributed by atoms with Crippen molar-refractivity contribution >= 4 is 17.5 Å². The van der Waals surface area contributed by atoms with Gasteiger partial charge in [-0.1, -0.05) is 49.6 Å². The van der Waals surface area contributed by atoms with Gasteiger partial charge >= 0.3 is 0 Å². The summed E-state index contributed by atoms with van der Waals surface area (Å²) in [4.78, 5) is 2.41. The Morgan fingerprint density at radius 2 is 2.00 bits per heavy atom. The van der Waals surface area contributed by atoms with Crippen LogP contribution in [0.15, 0.2) is 43.0 Å². The lowest BCUT2D eigenvalue weighted by atomic mass is 9.95. The minimum absolute atomic E-state index is 0.279. The summed E-state index contributed by atoms with van der Waals surface area (Å²) < 4.78 is 5.47. The highest BCUT2D eigenvalue weighted by molar-refractivity contribution is 5.63. The molecule has 0 bridgehead atoms. The van der Waals surface area contributed by atoms with E-state index in [-0.39, 0.29) is 5.92 Å². The number of aryl methyl sites for hydroxylation is 1. The van der Waals surface area contributed by atoms with Gasteiger partial charge in [0.1, 0.15) is 5.75 Å². The zero-order valence-corrected chi connectivity index (χ0v) is 20.0. The summed E-state index contributed by atoms with van der Waals surface area (Å²) >= 11 is 0. The van der Waals surface area contributed by atoms with E-state index in [1.807, 2.05) is 24.3 Å². The second-order valence-corrected chi connectivity index (χ2v) is 8.77. The van der Waals surface area contributed by atoms with Crippen molar-refractivity contribution < 1.29 is 4.74 Å². The fourth-order valence-electron chi connectivity index (χ4n) is 4.18. The third-order valence-electron chi connectivity index (χ3n) is 6.18. The number of likely N-dealkylation sites (tertiary alicyclic amines) is 1. The van der Waals surface area contributed by atoms with Crippen LogP contribution >= 0.6 is 0 Å². The van der Waals surface area contributed by atoms with E-state index >= 15 is 0 Å². The topological polar surface area (TPSA) is 36.5 Å². The second-order valence-electron chi connectivity index (χ2n) is 8.77. The van der Waals surface area contributed by atoms with Gasteiger partial charge < -0.3 is 20.3 Å². The van der Waals surface area contributed by atoms with E-state index < -0.39 is 0 Å². The van der Waals surface area contributed by atoms with Crippen LogP contribution in [0, 0.1) is 24.7 Å². The molecule has 1 fully saturated rings. The van der Waals surface area contributed by atoms with Crippen molar-refractivity contribution in [3.8, 4) is 17.6 Å². The van der Waals surface area contributed by atoms with Crippen LogP contribution in [0.2, 0.25) is 0 Å². The molecule has 2 aromatic rings. The number of piperidine rings is 1. The highest BCUT2D eigenvalue weighted by Crippen LogP contribution is 2.27. The number of hydrogen-bond donors (Lipinski definition) is 2. The molecule has 4 nitrogen and oxygen atoms in total. The molecule has 1 saturated heterocycles. The number of anilines is 2. The number of methoxy groups -OCH3 is 1. The SMILES string of the molecule is C=Cc1ccc(NCC#CC(C)Cc2c(C)cccc2NC2CCN(C)CC2)c(OC)c1. The molecule has 1 atom stereocenters. The van der Waals surface area contributed by atoms with E-state index in [2.05, 4.69) is 73.0 Å². The van der Waals surface area contributed by atoms with Gasteiger partial charge in [0.2, 0.25) is 0 Å². The Kier molecular flexibility index (Phi) is 8.64. The molecule has 1 aliphatic heterocycles. The maximum atomic E-state index is 5.47. The molecule has 0 aromatic heterocycles. The van der Waals surface area contributed by atoms with Crippen LogP contribution in [0.4, 0.5) is 11.4 Å². The van der Waals surface area contributed by atoms with Crippen LogP contribution in [-0.4, -0.2) is 44.7 Å². The van der Waals surface area contributed by atoms with Crippen LogP contribution in [0.3, 0.4) is 0 Å². The van der Waals surface area contributed by atoms with Crippen molar-refractivity contribution in [2.45, 2.75) is 39.2 Å². The zero-order valence-electron chi connectivity index (χ0n) is 20.0. The van der Waals surface area contributed by atoms with Crippen LogP contribution < -0.4 is 15.4 Å². The normalized spacial score (nSPS) is 15.4. The second kappa shape index (κ2) is 11.6. The molecular weight excluding hydrogens is 394 g/mol. The van der Waals surface area contributed by atoms with Gasteiger partial charge in [0.15, 0.2) is 0 Å². The first-order chi connectivity index (χ1) is 15.5. The first-order valence-corrected chi connectivity index (χ1v) is 11.6. The molecule has 0 saturated carbocycles. The van der Waals surface area contributed by atoms with Crippen molar-refractivity contribution in [1.29, 1.82) is 0 Å². The van der Waals surface area contributed by atoms with Gasteiger partial charge in [-0.25, -0.2) is 0 Å². The monoisotopic (exact) mass is 431 g/mol.